The lowest BCUT2D eigenvalue weighted by atomic mass is 10.2. The molecule has 0 saturated carbocycles. The summed E-state index contributed by atoms with van der Waals surface area (Å²) in [5, 5.41) is 0.831. The van der Waals surface area contributed by atoms with Gasteiger partial charge in [0.2, 0.25) is 0 Å². The summed E-state index contributed by atoms with van der Waals surface area (Å²) < 4.78 is 6.15. The highest BCUT2D eigenvalue weighted by Crippen LogP contribution is 2.28. The van der Waals surface area contributed by atoms with Gasteiger partial charge in [0.05, 0.1) is 15.1 Å². The minimum Gasteiger partial charge on any atom is -0.480 e. The van der Waals surface area contributed by atoms with Crippen molar-refractivity contribution in [2.75, 3.05) is 0 Å². The Morgan fingerprint density at radius 3 is 2.50 bits per heavy atom. The van der Waals surface area contributed by atoms with Gasteiger partial charge in [-0.05, 0) is 53.2 Å². The maximum atomic E-state index is 12.0. The molecule has 0 heterocycles. The fourth-order valence-corrected chi connectivity index (χ4v) is 2.75. The maximum Gasteiger partial charge on any atom is 0.279 e. The molecule has 0 aliphatic rings. The molecular formula is C16H13BrCl2N2O3. The molecule has 8 heteroatoms. The Morgan fingerprint density at radius 2 is 1.83 bits per heavy atom. The van der Waals surface area contributed by atoms with E-state index in [1.807, 2.05) is 0 Å². The van der Waals surface area contributed by atoms with E-state index in [0.29, 0.717) is 20.3 Å². The molecule has 0 bridgehead atoms. The first kappa shape index (κ1) is 18.6. The molecule has 0 saturated heterocycles. The lowest BCUT2D eigenvalue weighted by Gasteiger charge is -2.16. The van der Waals surface area contributed by atoms with Crippen LogP contribution >= 0.6 is 39.1 Å². The van der Waals surface area contributed by atoms with E-state index in [2.05, 4.69) is 26.8 Å². The zero-order valence-corrected chi connectivity index (χ0v) is 15.6. The Kier molecular flexibility index (Phi) is 6.48. The third kappa shape index (κ3) is 4.87. The van der Waals surface area contributed by atoms with Crippen LogP contribution in [0.1, 0.15) is 17.3 Å². The molecule has 2 aromatic carbocycles. The topological polar surface area (TPSA) is 67.4 Å². The van der Waals surface area contributed by atoms with Crippen LogP contribution in [0.2, 0.25) is 10.0 Å². The van der Waals surface area contributed by atoms with Crippen molar-refractivity contribution < 1.29 is 14.3 Å². The summed E-state index contributed by atoms with van der Waals surface area (Å²) >= 11 is 15.1. The molecule has 2 amide bonds. The molecule has 5 nitrogen and oxygen atoms in total. The SMILES string of the molecule is CC(Oc1ccc(Cl)cc1Br)C(=O)NNC(=O)c1ccccc1Cl. The summed E-state index contributed by atoms with van der Waals surface area (Å²) in [6, 6.07) is 11.4. The second-order valence-electron chi connectivity index (χ2n) is 4.76. The van der Waals surface area contributed by atoms with Gasteiger partial charge in [-0.25, -0.2) is 0 Å². The minimum atomic E-state index is -0.839. The largest absolute Gasteiger partial charge is 0.480 e. The Hall–Kier alpha value is -1.76. The fraction of sp³-hybridized carbons (Fsp3) is 0.125. The molecule has 0 aromatic heterocycles. The first-order valence-electron chi connectivity index (χ1n) is 6.85. The Morgan fingerprint density at radius 1 is 1.12 bits per heavy atom. The zero-order chi connectivity index (χ0) is 17.7. The van der Waals surface area contributed by atoms with Gasteiger partial charge in [0.1, 0.15) is 5.75 Å². The molecule has 0 aliphatic heterocycles. The third-order valence-electron chi connectivity index (χ3n) is 2.98. The highest BCUT2D eigenvalue weighted by atomic mass is 79.9. The van der Waals surface area contributed by atoms with Crippen LogP contribution in [0.25, 0.3) is 0 Å². The van der Waals surface area contributed by atoms with Gasteiger partial charge in [-0.15, -0.1) is 0 Å². The first-order chi connectivity index (χ1) is 11.4. The molecule has 2 N–H and O–H groups in total. The first-order valence-corrected chi connectivity index (χ1v) is 8.40. The predicted octanol–water partition coefficient (Wildman–Crippen LogP) is 3.98. The fourth-order valence-electron chi connectivity index (χ4n) is 1.75. The lowest BCUT2D eigenvalue weighted by molar-refractivity contribution is -0.128. The zero-order valence-electron chi connectivity index (χ0n) is 12.5. The number of ether oxygens (including phenoxy) is 1. The average molecular weight is 432 g/mol. The Bertz CT molecular complexity index is 771. The second kappa shape index (κ2) is 8.37. The summed E-state index contributed by atoms with van der Waals surface area (Å²) in [7, 11) is 0. The average Bonchev–Trinajstić information content (AvgIpc) is 2.55. The number of carbonyl (C=O) groups is 2. The second-order valence-corrected chi connectivity index (χ2v) is 6.46. The number of rotatable bonds is 4. The number of benzene rings is 2. The third-order valence-corrected chi connectivity index (χ3v) is 4.17. The molecule has 2 aromatic rings. The molecule has 1 atom stereocenters. The number of hydrogen-bond donors (Lipinski definition) is 2. The van der Waals surface area contributed by atoms with E-state index in [1.165, 1.54) is 0 Å². The number of amides is 2. The summed E-state index contributed by atoms with van der Waals surface area (Å²) in [5.74, 6) is -0.578. The quantitative estimate of drug-likeness (QED) is 0.719. The van der Waals surface area contributed by atoms with Crippen molar-refractivity contribution in [3.8, 4) is 5.75 Å². The Balaban J connectivity index is 1.92. The van der Waals surface area contributed by atoms with E-state index in [1.54, 1.807) is 49.4 Å². The van der Waals surface area contributed by atoms with Gasteiger partial charge in [-0.1, -0.05) is 35.3 Å². The number of carbonyl (C=O) groups excluding carboxylic acids is 2. The van der Waals surface area contributed by atoms with Crippen LogP contribution in [0.4, 0.5) is 0 Å². The van der Waals surface area contributed by atoms with E-state index in [0.717, 1.165) is 0 Å². The van der Waals surface area contributed by atoms with Crippen LogP contribution in [-0.4, -0.2) is 17.9 Å². The van der Waals surface area contributed by atoms with Crippen LogP contribution < -0.4 is 15.6 Å². The van der Waals surface area contributed by atoms with Crippen molar-refractivity contribution in [2.24, 2.45) is 0 Å². The normalized spacial score (nSPS) is 11.5. The van der Waals surface area contributed by atoms with E-state index in [4.69, 9.17) is 27.9 Å². The molecule has 24 heavy (non-hydrogen) atoms. The van der Waals surface area contributed by atoms with Crippen molar-refractivity contribution in [1.82, 2.24) is 10.9 Å². The van der Waals surface area contributed by atoms with Crippen LogP contribution in [0.3, 0.4) is 0 Å². The van der Waals surface area contributed by atoms with Crippen LogP contribution in [-0.2, 0) is 4.79 Å². The highest BCUT2D eigenvalue weighted by molar-refractivity contribution is 9.10. The van der Waals surface area contributed by atoms with Gasteiger partial charge in [0, 0.05) is 5.02 Å². The molecule has 1 unspecified atom stereocenters. The predicted molar refractivity (Wildman–Crippen MR) is 96.3 cm³/mol. The summed E-state index contributed by atoms with van der Waals surface area (Å²) in [6.45, 7) is 1.55. The van der Waals surface area contributed by atoms with Gasteiger partial charge in [0.25, 0.3) is 11.8 Å². The number of hydrogen-bond acceptors (Lipinski definition) is 3. The van der Waals surface area contributed by atoms with Crippen molar-refractivity contribution in [3.05, 3.63) is 62.5 Å². The number of nitrogens with one attached hydrogen (secondary N) is 2. The Labute approximate surface area is 157 Å². The van der Waals surface area contributed by atoms with Crippen molar-refractivity contribution in [3.63, 3.8) is 0 Å². The summed E-state index contributed by atoms with van der Waals surface area (Å²) in [5.41, 5.74) is 4.85. The molecule has 0 fully saturated rings. The minimum absolute atomic E-state index is 0.258. The van der Waals surface area contributed by atoms with Gasteiger partial charge in [0.15, 0.2) is 6.10 Å². The molecule has 0 radical (unpaired) electrons. The van der Waals surface area contributed by atoms with Gasteiger partial charge < -0.3 is 4.74 Å². The molecular weight excluding hydrogens is 419 g/mol. The van der Waals surface area contributed by atoms with Gasteiger partial charge in [-0.3, -0.25) is 20.4 Å². The van der Waals surface area contributed by atoms with Crippen LogP contribution in [0.5, 0.6) is 5.75 Å². The number of hydrazine groups is 1. The van der Waals surface area contributed by atoms with Gasteiger partial charge >= 0.3 is 0 Å². The monoisotopic (exact) mass is 430 g/mol. The lowest BCUT2D eigenvalue weighted by Crippen LogP contribution is -2.47. The smallest absolute Gasteiger partial charge is 0.279 e. The van der Waals surface area contributed by atoms with Crippen LogP contribution in [0.15, 0.2) is 46.9 Å². The molecule has 2 rings (SSSR count). The van der Waals surface area contributed by atoms with Crippen molar-refractivity contribution >= 4 is 50.9 Å². The molecule has 0 aliphatic carbocycles. The summed E-state index contributed by atoms with van der Waals surface area (Å²) in [6.07, 6.45) is -0.839. The van der Waals surface area contributed by atoms with E-state index in [9.17, 15) is 9.59 Å². The molecule has 0 spiro atoms. The van der Waals surface area contributed by atoms with E-state index < -0.39 is 17.9 Å². The van der Waals surface area contributed by atoms with Crippen LogP contribution in [0, 0.1) is 0 Å². The van der Waals surface area contributed by atoms with Gasteiger partial charge in [-0.2, -0.15) is 0 Å². The van der Waals surface area contributed by atoms with E-state index in [-0.39, 0.29) is 5.56 Å². The number of halogens is 3. The maximum absolute atomic E-state index is 12.0. The summed E-state index contributed by atoms with van der Waals surface area (Å²) in [4.78, 5) is 24.0. The molecule has 126 valence electrons. The standard InChI is InChI=1S/C16H13BrCl2N2O3/c1-9(24-14-7-6-10(18)8-12(14)17)15(22)20-21-16(23)11-4-2-3-5-13(11)19/h2-9H,1H3,(H,20,22)(H,21,23). The highest BCUT2D eigenvalue weighted by Gasteiger charge is 2.17. The van der Waals surface area contributed by atoms with Crippen molar-refractivity contribution in [1.29, 1.82) is 0 Å². The van der Waals surface area contributed by atoms with E-state index >= 15 is 0 Å². The van der Waals surface area contributed by atoms with Crippen molar-refractivity contribution in [2.45, 2.75) is 13.0 Å².